The van der Waals surface area contributed by atoms with Crippen molar-refractivity contribution in [1.82, 2.24) is 0 Å². The number of nitrogens with two attached hydrogens (primary N) is 1. The highest BCUT2D eigenvalue weighted by Crippen LogP contribution is 2.06. The van der Waals surface area contributed by atoms with Crippen LogP contribution in [0, 0.1) is 0 Å². The molecule has 0 radical (unpaired) electrons. The summed E-state index contributed by atoms with van der Waals surface area (Å²) < 4.78 is 4.61. The Hall–Kier alpha value is -0.810. The summed E-state index contributed by atoms with van der Waals surface area (Å²) in [7, 11) is 0. The standard InChI is InChI=1S/C8H17NO4/c9-8(12)13-7(6-11)4-2-1-3-5-10/h7,10-11H,1-6H2,(H2,9,12). The number of rotatable bonds is 7. The van der Waals surface area contributed by atoms with Gasteiger partial charge in [-0.05, 0) is 19.3 Å². The number of carbonyl (C=O) groups excluding carboxylic acids is 1. The first kappa shape index (κ1) is 12.2. The summed E-state index contributed by atoms with van der Waals surface area (Å²) in [6.45, 7) is -0.0392. The summed E-state index contributed by atoms with van der Waals surface area (Å²) in [5.41, 5.74) is 4.79. The summed E-state index contributed by atoms with van der Waals surface area (Å²) in [5.74, 6) is 0. The van der Waals surface area contributed by atoms with Gasteiger partial charge in [0.25, 0.3) is 0 Å². The number of unbranched alkanes of at least 4 members (excludes halogenated alkanes) is 2. The Morgan fingerprint density at radius 3 is 2.46 bits per heavy atom. The molecular weight excluding hydrogens is 174 g/mol. The van der Waals surface area contributed by atoms with Crippen LogP contribution in [0.15, 0.2) is 0 Å². The second-order valence-electron chi connectivity index (χ2n) is 2.81. The molecule has 0 heterocycles. The van der Waals surface area contributed by atoms with Crippen LogP contribution in [-0.2, 0) is 4.74 Å². The van der Waals surface area contributed by atoms with E-state index in [2.05, 4.69) is 4.74 Å². The molecule has 5 heteroatoms. The van der Waals surface area contributed by atoms with Crippen LogP contribution < -0.4 is 5.73 Å². The molecule has 0 aliphatic rings. The summed E-state index contributed by atoms with van der Waals surface area (Å²) >= 11 is 0. The van der Waals surface area contributed by atoms with Crippen molar-refractivity contribution >= 4 is 6.09 Å². The zero-order valence-electron chi connectivity index (χ0n) is 7.61. The van der Waals surface area contributed by atoms with Crippen molar-refractivity contribution in [3.05, 3.63) is 0 Å². The smallest absolute Gasteiger partial charge is 0.404 e. The van der Waals surface area contributed by atoms with Crippen molar-refractivity contribution in [3.63, 3.8) is 0 Å². The lowest BCUT2D eigenvalue weighted by molar-refractivity contribution is 0.0568. The van der Waals surface area contributed by atoms with Crippen molar-refractivity contribution in [1.29, 1.82) is 0 Å². The van der Waals surface area contributed by atoms with E-state index in [-0.39, 0.29) is 13.2 Å². The lowest BCUT2D eigenvalue weighted by atomic mass is 10.1. The summed E-state index contributed by atoms with van der Waals surface area (Å²) in [4.78, 5) is 10.3. The third kappa shape index (κ3) is 7.55. The molecule has 1 unspecified atom stereocenters. The molecule has 0 rings (SSSR count). The van der Waals surface area contributed by atoms with E-state index in [4.69, 9.17) is 15.9 Å². The van der Waals surface area contributed by atoms with Crippen LogP contribution >= 0.6 is 0 Å². The first-order chi connectivity index (χ1) is 6.20. The van der Waals surface area contributed by atoms with Gasteiger partial charge in [0, 0.05) is 6.61 Å². The van der Waals surface area contributed by atoms with E-state index in [9.17, 15) is 4.79 Å². The molecule has 78 valence electrons. The van der Waals surface area contributed by atoms with Gasteiger partial charge in [0.05, 0.1) is 6.61 Å². The quantitative estimate of drug-likeness (QED) is 0.494. The predicted octanol–water partition coefficient (Wildman–Crippen LogP) is -0.00470. The average Bonchev–Trinajstić information content (AvgIpc) is 2.09. The Morgan fingerprint density at radius 1 is 1.31 bits per heavy atom. The zero-order chi connectivity index (χ0) is 10.1. The van der Waals surface area contributed by atoms with Crippen molar-refractivity contribution in [2.45, 2.75) is 31.8 Å². The minimum atomic E-state index is -0.860. The molecule has 4 N–H and O–H groups in total. The number of aliphatic hydroxyl groups is 2. The second kappa shape index (κ2) is 7.82. The minimum absolute atomic E-state index is 0.167. The van der Waals surface area contributed by atoms with Gasteiger partial charge in [0.15, 0.2) is 0 Å². The van der Waals surface area contributed by atoms with Crippen LogP contribution in [-0.4, -0.2) is 35.6 Å². The number of ether oxygens (including phenoxy) is 1. The third-order valence-corrected chi connectivity index (χ3v) is 1.67. The van der Waals surface area contributed by atoms with Crippen molar-refractivity contribution in [2.24, 2.45) is 5.73 Å². The molecule has 1 amide bonds. The lowest BCUT2D eigenvalue weighted by Crippen LogP contribution is -2.25. The number of aliphatic hydroxyl groups excluding tert-OH is 2. The molecule has 0 aliphatic carbocycles. The highest BCUT2D eigenvalue weighted by atomic mass is 16.6. The molecule has 5 nitrogen and oxygen atoms in total. The Morgan fingerprint density at radius 2 is 2.00 bits per heavy atom. The van der Waals surface area contributed by atoms with Gasteiger partial charge in [0.2, 0.25) is 0 Å². The highest BCUT2D eigenvalue weighted by Gasteiger charge is 2.09. The molecule has 0 aromatic rings. The lowest BCUT2D eigenvalue weighted by Gasteiger charge is -2.12. The molecule has 0 bridgehead atoms. The number of primary amides is 1. The zero-order valence-corrected chi connectivity index (χ0v) is 7.61. The van der Waals surface area contributed by atoms with E-state index in [1.807, 2.05) is 0 Å². The van der Waals surface area contributed by atoms with Crippen molar-refractivity contribution < 1.29 is 19.7 Å². The number of amides is 1. The first-order valence-corrected chi connectivity index (χ1v) is 4.38. The van der Waals surface area contributed by atoms with Crippen LogP contribution in [0.3, 0.4) is 0 Å². The van der Waals surface area contributed by atoms with Crippen LogP contribution in [0.4, 0.5) is 4.79 Å². The first-order valence-electron chi connectivity index (χ1n) is 4.38. The molecule has 13 heavy (non-hydrogen) atoms. The number of hydrogen-bond acceptors (Lipinski definition) is 4. The van der Waals surface area contributed by atoms with E-state index in [1.54, 1.807) is 0 Å². The topological polar surface area (TPSA) is 92.8 Å². The van der Waals surface area contributed by atoms with E-state index < -0.39 is 12.2 Å². The van der Waals surface area contributed by atoms with Crippen molar-refractivity contribution in [3.8, 4) is 0 Å². The molecule has 0 saturated carbocycles. The molecular formula is C8H17NO4. The monoisotopic (exact) mass is 191 g/mol. The maximum Gasteiger partial charge on any atom is 0.404 e. The van der Waals surface area contributed by atoms with Gasteiger partial charge in [-0.3, -0.25) is 0 Å². The fourth-order valence-electron chi connectivity index (χ4n) is 1.01. The Labute approximate surface area is 77.5 Å². The Kier molecular flexibility index (Phi) is 7.33. The number of hydrogen-bond donors (Lipinski definition) is 3. The normalized spacial score (nSPS) is 12.5. The summed E-state index contributed by atoms with van der Waals surface area (Å²) in [6.07, 6.45) is 1.61. The van der Waals surface area contributed by atoms with Gasteiger partial charge in [-0.15, -0.1) is 0 Å². The van der Waals surface area contributed by atoms with Crippen LogP contribution in [0.2, 0.25) is 0 Å². The molecule has 0 aromatic heterocycles. The van der Waals surface area contributed by atoms with E-state index >= 15 is 0 Å². The SMILES string of the molecule is NC(=O)OC(CO)CCCCCO. The van der Waals surface area contributed by atoms with Crippen LogP contribution in [0.1, 0.15) is 25.7 Å². The Bertz CT molecular complexity index is 140. The van der Waals surface area contributed by atoms with E-state index in [1.165, 1.54) is 0 Å². The fourth-order valence-corrected chi connectivity index (χ4v) is 1.01. The predicted molar refractivity (Wildman–Crippen MR) is 47.1 cm³/mol. The largest absolute Gasteiger partial charge is 0.444 e. The summed E-state index contributed by atoms with van der Waals surface area (Å²) in [5, 5.41) is 17.2. The fraction of sp³-hybridized carbons (Fsp3) is 0.875. The summed E-state index contributed by atoms with van der Waals surface area (Å²) in [6, 6.07) is 0. The van der Waals surface area contributed by atoms with Gasteiger partial charge in [-0.1, -0.05) is 6.42 Å². The highest BCUT2D eigenvalue weighted by molar-refractivity contribution is 5.64. The molecule has 1 atom stereocenters. The maximum absolute atomic E-state index is 10.3. The third-order valence-electron chi connectivity index (χ3n) is 1.67. The van der Waals surface area contributed by atoms with Gasteiger partial charge < -0.3 is 20.7 Å². The molecule has 0 spiro atoms. The van der Waals surface area contributed by atoms with Crippen molar-refractivity contribution in [2.75, 3.05) is 13.2 Å². The number of carbonyl (C=O) groups is 1. The van der Waals surface area contributed by atoms with Gasteiger partial charge in [0.1, 0.15) is 6.10 Å². The molecule has 0 aliphatic heterocycles. The van der Waals surface area contributed by atoms with Crippen LogP contribution in [0.5, 0.6) is 0 Å². The van der Waals surface area contributed by atoms with Gasteiger partial charge >= 0.3 is 6.09 Å². The molecule has 0 aromatic carbocycles. The minimum Gasteiger partial charge on any atom is -0.444 e. The molecule has 0 saturated heterocycles. The molecule has 0 fully saturated rings. The van der Waals surface area contributed by atoms with Gasteiger partial charge in [-0.2, -0.15) is 0 Å². The second-order valence-corrected chi connectivity index (χ2v) is 2.81. The maximum atomic E-state index is 10.3. The Balaban J connectivity index is 3.42. The van der Waals surface area contributed by atoms with Crippen LogP contribution in [0.25, 0.3) is 0 Å². The average molecular weight is 191 g/mol. The van der Waals surface area contributed by atoms with E-state index in [0.29, 0.717) is 6.42 Å². The van der Waals surface area contributed by atoms with E-state index in [0.717, 1.165) is 19.3 Å². The van der Waals surface area contributed by atoms with Gasteiger partial charge in [-0.25, -0.2) is 4.79 Å².